The number of benzene rings is 3. The highest BCUT2D eigenvalue weighted by Gasteiger charge is 2.54. The number of nitrogens with zero attached hydrogens (tertiary/aromatic N) is 2. The maximum atomic E-state index is 15.0. The van der Waals surface area contributed by atoms with Crippen molar-refractivity contribution in [2.75, 3.05) is 0 Å². The van der Waals surface area contributed by atoms with Gasteiger partial charge in [-0.15, -0.1) is 0 Å². The van der Waals surface area contributed by atoms with Crippen molar-refractivity contribution >= 4 is 11.9 Å². The summed E-state index contributed by atoms with van der Waals surface area (Å²) in [6.45, 7) is 39.4. The zero-order chi connectivity index (χ0) is 43.8. The molecule has 4 rings (SSSR count). The summed E-state index contributed by atoms with van der Waals surface area (Å²) in [5.41, 5.74) is 4.13. The first kappa shape index (κ1) is 45.7. The van der Waals surface area contributed by atoms with E-state index in [9.17, 15) is 20.1 Å². The maximum Gasteiger partial charge on any atom is 0.328 e. The molecule has 1 fully saturated rings. The molecule has 1 unspecified atom stereocenters. The SMILES string of the molecule is CC(C)(C)c1cc(CCC2(C)C(=O)N(Cc3cc(C(C)(C)C)c(O)c(C(C)(C)C)c3)C(=O)N2Cc2cc(C(C)(C)C)c(O)c(C(C)(C)C)c2)cc(C(C)(C)C)c1O. The highest BCUT2D eigenvalue weighted by atomic mass is 16.3. The maximum absolute atomic E-state index is 15.0. The lowest BCUT2D eigenvalue weighted by molar-refractivity contribution is -0.133. The van der Waals surface area contributed by atoms with Crippen LogP contribution >= 0.6 is 0 Å². The number of rotatable bonds is 7. The minimum atomic E-state index is -1.21. The van der Waals surface area contributed by atoms with Gasteiger partial charge in [0.15, 0.2) is 0 Å². The van der Waals surface area contributed by atoms with E-state index in [0.717, 1.165) is 50.1 Å². The summed E-state index contributed by atoms with van der Waals surface area (Å²) in [5, 5.41) is 34.5. The van der Waals surface area contributed by atoms with Gasteiger partial charge in [-0.3, -0.25) is 9.69 Å². The summed E-state index contributed by atoms with van der Waals surface area (Å²) in [5.74, 6) is 0.547. The standard InChI is InChI=1S/C50H74N2O5/c1-44(2,3)33-22-30(23-34(39(33)53)45(4,5)6)20-21-50(19)42(56)51(28-31-24-35(46(7,8)9)40(54)36(25-31)47(10,11)12)43(57)52(50)29-32-26-37(48(13,14)15)41(55)38(27-32)49(16,17)18/h22-27,53-55H,20-21,28-29H2,1-19H3. The molecule has 3 aromatic rings. The molecule has 0 bridgehead atoms. The van der Waals surface area contributed by atoms with Gasteiger partial charge in [0.05, 0.1) is 6.54 Å². The molecule has 0 saturated carbocycles. The third kappa shape index (κ3) is 9.34. The van der Waals surface area contributed by atoms with Crippen LogP contribution in [0.2, 0.25) is 0 Å². The van der Waals surface area contributed by atoms with E-state index in [1.807, 2.05) is 31.2 Å². The lowest BCUT2D eigenvalue weighted by atomic mass is 9.77. The van der Waals surface area contributed by atoms with Crippen molar-refractivity contribution in [2.45, 2.75) is 196 Å². The number of phenols is 3. The second-order valence-electron chi connectivity index (χ2n) is 23.2. The third-order valence-corrected chi connectivity index (χ3v) is 11.7. The molecule has 7 nitrogen and oxygen atoms in total. The van der Waals surface area contributed by atoms with Crippen LogP contribution in [0.25, 0.3) is 0 Å². The van der Waals surface area contributed by atoms with Crippen LogP contribution in [0.15, 0.2) is 36.4 Å². The molecule has 0 radical (unpaired) electrons. The Labute approximate surface area is 344 Å². The Balaban J connectivity index is 1.91. The summed E-state index contributed by atoms with van der Waals surface area (Å²) >= 11 is 0. The smallest absolute Gasteiger partial charge is 0.328 e. The second-order valence-corrected chi connectivity index (χ2v) is 23.2. The molecular formula is C50H74N2O5. The second kappa shape index (κ2) is 14.7. The molecule has 3 aromatic carbocycles. The summed E-state index contributed by atoms with van der Waals surface area (Å²) in [7, 11) is 0. The Bertz CT molecular complexity index is 1930. The highest BCUT2D eigenvalue weighted by Crippen LogP contribution is 2.45. The first-order chi connectivity index (χ1) is 25.5. The third-order valence-electron chi connectivity index (χ3n) is 11.7. The van der Waals surface area contributed by atoms with Crippen molar-refractivity contribution < 1.29 is 24.9 Å². The zero-order valence-electron chi connectivity index (χ0n) is 38.8. The quantitative estimate of drug-likeness (QED) is 0.207. The molecule has 1 atom stereocenters. The Hall–Kier alpha value is -4.00. The Morgan fingerprint density at radius 2 is 0.719 bits per heavy atom. The van der Waals surface area contributed by atoms with Gasteiger partial charge in [0.25, 0.3) is 5.91 Å². The predicted molar refractivity (Wildman–Crippen MR) is 235 cm³/mol. The Morgan fingerprint density at radius 1 is 0.456 bits per heavy atom. The van der Waals surface area contributed by atoms with Gasteiger partial charge in [-0.1, -0.05) is 137 Å². The van der Waals surface area contributed by atoms with E-state index < -0.39 is 5.54 Å². The summed E-state index contributed by atoms with van der Waals surface area (Å²) in [6.07, 6.45) is 0.863. The lowest BCUT2D eigenvalue weighted by Crippen LogP contribution is -2.47. The summed E-state index contributed by atoms with van der Waals surface area (Å²) < 4.78 is 0. The topological polar surface area (TPSA) is 101 Å². The number of urea groups is 1. The lowest BCUT2D eigenvalue weighted by Gasteiger charge is -2.34. The van der Waals surface area contributed by atoms with Gasteiger partial charge in [-0.05, 0) is 127 Å². The average molecular weight is 783 g/mol. The number of amides is 3. The predicted octanol–water partition coefficient (Wildman–Crippen LogP) is 11.9. The molecule has 57 heavy (non-hydrogen) atoms. The van der Waals surface area contributed by atoms with Gasteiger partial charge in [0.1, 0.15) is 22.8 Å². The fourth-order valence-corrected chi connectivity index (χ4v) is 8.07. The molecule has 3 amide bonds. The van der Waals surface area contributed by atoms with Crippen LogP contribution in [0, 0.1) is 0 Å². The molecule has 1 saturated heterocycles. The first-order valence-electron chi connectivity index (χ1n) is 20.7. The van der Waals surface area contributed by atoms with Crippen molar-refractivity contribution in [1.29, 1.82) is 0 Å². The van der Waals surface area contributed by atoms with E-state index >= 15 is 4.79 Å². The Kier molecular flexibility index (Phi) is 11.8. The molecular weight excluding hydrogens is 709 g/mol. The monoisotopic (exact) mass is 783 g/mol. The summed E-state index contributed by atoms with van der Waals surface area (Å²) in [6, 6.07) is 11.6. The van der Waals surface area contributed by atoms with E-state index in [4.69, 9.17) is 0 Å². The number of carbonyl (C=O) groups is 2. The minimum absolute atomic E-state index is 0.0633. The number of phenolic OH excluding ortho intramolecular Hbond substituents is 3. The molecule has 1 aliphatic heterocycles. The van der Waals surface area contributed by atoms with Gasteiger partial charge in [-0.25, -0.2) is 4.79 Å². The number of imide groups is 1. The number of hydrogen-bond donors (Lipinski definition) is 3. The number of aryl methyl sites for hydroxylation is 1. The molecule has 0 aromatic heterocycles. The van der Waals surface area contributed by atoms with Gasteiger partial charge in [0, 0.05) is 6.54 Å². The molecule has 7 heteroatoms. The highest BCUT2D eigenvalue weighted by molar-refractivity contribution is 6.06. The Morgan fingerprint density at radius 3 is 1.00 bits per heavy atom. The van der Waals surface area contributed by atoms with Crippen molar-refractivity contribution in [1.82, 2.24) is 9.80 Å². The molecule has 3 N–H and O–H groups in total. The van der Waals surface area contributed by atoms with Crippen LogP contribution in [0.5, 0.6) is 17.2 Å². The number of aromatic hydroxyl groups is 3. The fourth-order valence-electron chi connectivity index (χ4n) is 8.07. The van der Waals surface area contributed by atoms with E-state index in [1.165, 1.54) is 4.90 Å². The van der Waals surface area contributed by atoms with Crippen molar-refractivity contribution in [3.05, 3.63) is 86.5 Å². The van der Waals surface area contributed by atoms with E-state index in [-0.39, 0.29) is 69.0 Å². The number of carbonyl (C=O) groups excluding carboxylic acids is 2. The molecule has 0 aliphatic carbocycles. The molecule has 0 spiro atoms. The molecule has 1 aliphatic rings. The fraction of sp³-hybridized carbons (Fsp3) is 0.600. The molecule has 1 heterocycles. The van der Waals surface area contributed by atoms with Gasteiger partial charge in [0.2, 0.25) is 0 Å². The van der Waals surface area contributed by atoms with Gasteiger partial charge >= 0.3 is 6.03 Å². The average Bonchev–Trinajstić information content (AvgIpc) is 3.18. The zero-order valence-corrected chi connectivity index (χ0v) is 38.8. The first-order valence-corrected chi connectivity index (χ1v) is 20.7. The van der Waals surface area contributed by atoms with Crippen molar-refractivity contribution in [3.63, 3.8) is 0 Å². The van der Waals surface area contributed by atoms with Gasteiger partial charge in [-0.2, -0.15) is 0 Å². The van der Waals surface area contributed by atoms with Crippen molar-refractivity contribution in [3.8, 4) is 17.2 Å². The normalized spacial score (nSPS) is 17.6. The van der Waals surface area contributed by atoms with Gasteiger partial charge < -0.3 is 20.2 Å². The van der Waals surface area contributed by atoms with Crippen LogP contribution in [0.4, 0.5) is 4.79 Å². The van der Waals surface area contributed by atoms with E-state index in [0.29, 0.717) is 18.6 Å². The number of hydrogen-bond acceptors (Lipinski definition) is 5. The largest absolute Gasteiger partial charge is 0.507 e. The van der Waals surface area contributed by atoms with E-state index in [2.05, 4.69) is 137 Å². The van der Waals surface area contributed by atoms with Crippen molar-refractivity contribution in [2.24, 2.45) is 0 Å². The van der Waals surface area contributed by atoms with Crippen LogP contribution < -0.4 is 0 Å². The molecule has 314 valence electrons. The summed E-state index contributed by atoms with van der Waals surface area (Å²) in [4.78, 5) is 33.1. The van der Waals surface area contributed by atoms with Crippen LogP contribution in [-0.2, 0) is 56.8 Å². The van der Waals surface area contributed by atoms with Crippen LogP contribution in [-0.4, -0.2) is 42.6 Å². The van der Waals surface area contributed by atoms with Crippen LogP contribution in [0.3, 0.4) is 0 Å². The van der Waals surface area contributed by atoms with E-state index in [1.54, 1.807) is 4.90 Å². The minimum Gasteiger partial charge on any atom is -0.507 e. The van der Waals surface area contributed by atoms with Crippen LogP contribution in [0.1, 0.15) is 188 Å².